The maximum atomic E-state index is 13.9. The monoisotopic (exact) mass is 402 g/mol. The van der Waals surface area contributed by atoms with Crippen LogP contribution in [0.4, 0.5) is 14.9 Å². The van der Waals surface area contributed by atoms with Crippen molar-refractivity contribution >= 4 is 33.6 Å². The van der Waals surface area contributed by atoms with Crippen molar-refractivity contribution in [3.05, 3.63) is 28.5 Å². The maximum Gasteiger partial charge on any atom is 0.330 e. The number of urea groups is 1. The summed E-state index contributed by atoms with van der Waals surface area (Å²) in [5, 5.41) is 14.7. The molecule has 0 saturated carbocycles. The number of nitrogens with one attached hydrogen (secondary N) is 2. The van der Waals surface area contributed by atoms with Gasteiger partial charge >= 0.3 is 12.0 Å². The van der Waals surface area contributed by atoms with Crippen LogP contribution in [-0.2, 0) is 4.79 Å². The topological polar surface area (TPSA) is 78.4 Å². The Labute approximate surface area is 150 Å². The molecule has 0 aromatic heterocycles. The molecule has 0 heterocycles. The molecule has 1 atom stereocenters. The molecule has 0 spiro atoms. The zero-order valence-electron chi connectivity index (χ0n) is 14.5. The highest BCUT2D eigenvalue weighted by Crippen LogP contribution is 2.36. The zero-order valence-corrected chi connectivity index (χ0v) is 16.1. The molecule has 7 heteroatoms. The molecule has 0 aliphatic carbocycles. The third-order valence-electron chi connectivity index (χ3n) is 3.87. The highest BCUT2D eigenvalue weighted by molar-refractivity contribution is 9.10. The number of aliphatic carboxylic acids is 1. The predicted molar refractivity (Wildman–Crippen MR) is 95.5 cm³/mol. The second kappa shape index (κ2) is 7.51. The molecular formula is C17H24BrFN2O3. The molecule has 0 aliphatic rings. The Bertz CT molecular complexity index is 629. The number of amides is 2. The largest absolute Gasteiger partial charge is 0.479 e. The van der Waals surface area contributed by atoms with Gasteiger partial charge in [-0.1, -0.05) is 50.5 Å². The van der Waals surface area contributed by atoms with E-state index in [1.807, 2.05) is 13.8 Å². The number of benzene rings is 1. The van der Waals surface area contributed by atoms with Crippen LogP contribution in [0.1, 0.15) is 41.0 Å². The summed E-state index contributed by atoms with van der Waals surface area (Å²) in [5.74, 6) is -1.68. The smallest absolute Gasteiger partial charge is 0.330 e. The summed E-state index contributed by atoms with van der Waals surface area (Å²) in [6.45, 7) is 9.03. The molecule has 0 fully saturated rings. The SMILES string of the molecule is CC(C)C[C@@](NC(=O)Nc1ccc(Br)cc1F)(C(=O)O)C(C)(C)C. The Morgan fingerprint density at radius 2 is 1.88 bits per heavy atom. The fourth-order valence-corrected chi connectivity index (χ4v) is 2.89. The minimum atomic E-state index is -1.48. The average Bonchev–Trinajstić information content (AvgIpc) is 2.39. The molecule has 134 valence electrons. The molecule has 0 bridgehead atoms. The number of hydrogen-bond acceptors (Lipinski definition) is 2. The van der Waals surface area contributed by atoms with Crippen LogP contribution in [-0.4, -0.2) is 22.6 Å². The zero-order chi connectivity index (χ0) is 18.7. The average molecular weight is 403 g/mol. The van der Waals surface area contributed by atoms with Crippen LogP contribution < -0.4 is 10.6 Å². The minimum absolute atomic E-state index is 0.0200. The number of carbonyl (C=O) groups excluding carboxylic acids is 1. The summed E-state index contributed by atoms with van der Waals surface area (Å²) >= 11 is 3.14. The van der Waals surface area contributed by atoms with Crippen LogP contribution in [0.25, 0.3) is 0 Å². The van der Waals surface area contributed by atoms with Gasteiger partial charge in [-0.05, 0) is 36.0 Å². The molecule has 3 N–H and O–H groups in total. The first kappa shape index (κ1) is 20.4. The predicted octanol–water partition coefficient (Wildman–Crippen LogP) is 4.63. The summed E-state index contributed by atoms with van der Waals surface area (Å²) in [6, 6.07) is 3.45. The number of anilines is 1. The van der Waals surface area contributed by atoms with Crippen LogP contribution in [0.15, 0.2) is 22.7 Å². The van der Waals surface area contributed by atoms with E-state index in [4.69, 9.17) is 0 Å². The maximum absolute atomic E-state index is 13.9. The summed E-state index contributed by atoms with van der Waals surface area (Å²) < 4.78 is 14.4. The first-order valence-electron chi connectivity index (χ1n) is 7.66. The van der Waals surface area contributed by atoms with E-state index in [1.54, 1.807) is 26.8 Å². The van der Waals surface area contributed by atoms with Crippen LogP contribution in [0.2, 0.25) is 0 Å². The highest BCUT2D eigenvalue weighted by Gasteiger charge is 2.50. The second-order valence-electron chi connectivity index (χ2n) is 7.26. The van der Waals surface area contributed by atoms with Crippen molar-refractivity contribution in [2.75, 3.05) is 5.32 Å². The van der Waals surface area contributed by atoms with E-state index in [0.29, 0.717) is 4.47 Å². The molecule has 0 unspecified atom stereocenters. The van der Waals surface area contributed by atoms with E-state index >= 15 is 0 Å². The van der Waals surface area contributed by atoms with Gasteiger partial charge in [-0.25, -0.2) is 14.0 Å². The van der Waals surface area contributed by atoms with Gasteiger partial charge in [-0.3, -0.25) is 0 Å². The Hall–Kier alpha value is -1.63. The Balaban J connectivity index is 3.09. The van der Waals surface area contributed by atoms with Gasteiger partial charge in [-0.15, -0.1) is 0 Å². The van der Waals surface area contributed by atoms with Gasteiger partial charge in [0.05, 0.1) is 5.69 Å². The molecule has 0 saturated heterocycles. The van der Waals surface area contributed by atoms with Crippen molar-refractivity contribution in [3.8, 4) is 0 Å². The highest BCUT2D eigenvalue weighted by atomic mass is 79.9. The molecule has 1 aromatic carbocycles. The number of hydrogen-bond donors (Lipinski definition) is 3. The lowest BCUT2D eigenvalue weighted by molar-refractivity contribution is -0.150. The third-order valence-corrected chi connectivity index (χ3v) is 4.36. The van der Waals surface area contributed by atoms with E-state index in [0.717, 1.165) is 0 Å². The quantitative estimate of drug-likeness (QED) is 0.671. The van der Waals surface area contributed by atoms with Crippen molar-refractivity contribution in [2.24, 2.45) is 11.3 Å². The van der Waals surface area contributed by atoms with Crippen LogP contribution in [0.5, 0.6) is 0 Å². The van der Waals surface area contributed by atoms with Crippen molar-refractivity contribution < 1.29 is 19.1 Å². The van der Waals surface area contributed by atoms with Crippen molar-refractivity contribution in [1.29, 1.82) is 0 Å². The molecular weight excluding hydrogens is 379 g/mol. The Morgan fingerprint density at radius 3 is 2.29 bits per heavy atom. The first-order chi connectivity index (χ1) is 10.9. The van der Waals surface area contributed by atoms with Gasteiger partial charge in [0.15, 0.2) is 0 Å². The first-order valence-corrected chi connectivity index (χ1v) is 8.46. The Morgan fingerprint density at radius 1 is 1.29 bits per heavy atom. The van der Waals surface area contributed by atoms with Gasteiger partial charge in [0, 0.05) is 4.47 Å². The minimum Gasteiger partial charge on any atom is -0.479 e. The van der Waals surface area contributed by atoms with Gasteiger partial charge in [0.2, 0.25) is 0 Å². The van der Waals surface area contributed by atoms with Crippen molar-refractivity contribution in [1.82, 2.24) is 5.32 Å². The fourth-order valence-electron chi connectivity index (χ4n) is 2.56. The Kier molecular flexibility index (Phi) is 6.38. The van der Waals surface area contributed by atoms with Crippen molar-refractivity contribution in [2.45, 2.75) is 46.6 Å². The number of carboxylic acids is 1. The van der Waals surface area contributed by atoms with Gasteiger partial charge in [-0.2, -0.15) is 0 Å². The molecule has 0 radical (unpaired) electrons. The summed E-state index contributed by atoms with van der Waals surface area (Å²) in [6.07, 6.45) is 0.252. The van der Waals surface area contributed by atoms with Gasteiger partial charge in [0.25, 0.3) is 0 Å². The number of carbonyl (C=O) groups is 2. The fraction of sp³-hybridized carbons (Fsp3) is 0.529. The van der Waals surface area contributed by atoms with Crippen LogP contribution >= 0.6 is 15.9 Å². The lowest BCUT2D eigenvalue weighted by Crippen LogP contribution is -2.63. The van der Waals surface area contributed by atoms with Gasteiger partial charge in [0.1, 0.15) is 11.4 Å². The lowest BCUT2D eigenvalue weighted by Gasteiger charge is -2.42. The summed E-state index contributed by atoms with van der Waals surface area (Å²) in [7, 11) is 0. The van der Waals surface area contributed by atoms with Crippen LogP contribution in [0.3, 0.4) is 0 Å². The number of halogens is 2. The summed E-state index contributed by atoms with van der Waals surface area (Å²) in [4.78, 5) is 24.3. The lowest BCUT2D eigenvalue weighted by atomic mass is 9.69. The standard InChI is InChI=1S/C17H24BrFN2O3/c1-10(2)9-17(14(22)23,16(3,4)5)21-15(24)20-13-7-6-11(18)8-12(13)19/h6-8,10H,9H2,1-5H3,(H,22,23)(H2,20,21,24)/t17-/m1/s1. The normalized spacial score (nSPS) is 14.2. The molecule has 5 nitrogen and oxygen atoms in total. The second-order valence-corrected chi connectivity index (χ2v) is 8.18. The van der Waals surface area contributed by atoms with E-state index in [1.165, 1.54) is 12.1 Å². The number of rotatable bonds is 5. The third kappa shape index (κ3) is 4.69. The van der Waals surface area contributed by atoms with Crippen molar-refractivity contribution in [3.63, 3.8) is 0 Å². The molecule has 1 rings (SSSR count). The van der Waals surface area contributed by atoms with E-state index in [9.17, 15) is 19.1 Å². The molecule has 24 heavy (non-hydrogen) atoms. The summed E-state index contributed by atoms with van der Waals surface area (Å²) in [5.41, 5.74) is -2.23. The molecule has 2 amide bonds. The molecule has 0 aliphatic heterocycles. The van der Waals surface area contributed by atoms with Crippen LogP contribution in [0, 0.1) is 17.2 Å². The van der Waals surface area contributed by atoms with E-state index in [-0.39, 0.29) is 18.0 Å². The number of carboxylic acid groups (broad SMARTS) is 1. The molecule has 1 aromatic rings. The van der Waals surface area contributed by atoms with E-state index < -0.39 is 28.8 Å². The van der Waals surface area contributed by atoms with Gasteiger partial charge < -0.3 is 15.7 Å². The van der Waals surface area contributed by atoms with E-state index in [2.05, 4.69) is 26.6 Å².